The molecule has 1 heterocycles. The summed E-state index contributed by atoms with van der Waals surface area (Å²) >= 11 is 5.92. The Morgan fingerprint density at radius 2 is 2.62 bits per heavy atom. The number of halogens is 1. The predicted molar refractivity (Wildman–Crippen MR) is 56.4 cm³/mol. The molecule has 70 valence electrons. The first-order valence-electron chi connectivity index (χ1n) is 6.34. The third-order valence-corrected chi connectivity index (χ3v) is 2.51. The lowest BCUT2D eigenvalue weighted by Gasteiger charge is -2.11. The highest BCUT2D eigenvalue weighted by Gasteiger charge is 2.13. The van der Waals surface area contributed by atoms with Crippen LogP contribution in [0.15, 0.2) is 18.2 Å². The number of rotatable bonds is 0. The van der Waals surface area contributed by atoms with Gasteiger partial charge in [0.25, 0.3) is 0 Å². The van der Waals surface area contributed by atoms with Gasteiger partial charge in [0.05, 0.1) is 0 Å². The predicted octanol–water partition coefficient (Wildman–Crippen LogP) is 2.59. The number of fused-ring (bicyclic) bond motifs is 1. The van der Waals surface area contributed by atoms with Gasteiger partial charge in [0.1, 0.15) is 0 Å². The van der Waals surface area contributed by atoms with Crippen molar-refractivity contribution in [1.82, 2.24) is 5.32 Å². The zero-order valence-electron chi connectivity index (χ0n) is 11.2. The van der Waals surface area contributed by atoms with Crippen molar-refractivity contribution in [2.45, 2.75) is 19.2 Å². The van der Waals surface area contributed by atoms with Crippen LogP contribution >= 0.6 is 11.6 Å². The van der Waals surface area contributed by atoms with Crippen LogP contribution in [0.3, 0.4) is 0 Å². The molecule has 0 amide bonds. The highest BCUT2D eigenvalue weighted by Crippen LogP contribution is 2.25. The van der Waals surface area contributed by atoms with E-state index < -0.39 is 12.7 Å². The average molecular weight is 200 g/mol. The second kappa shape index (κ2) is 3.69. The second-order valence-corrected chi connectivity index (χ2v) is 3.64. The molecule has 2 rings (SSSR count). The summed E-state index contributed by atoms with van der Waals surface area (Å²) in [5.74, 6) is -1.62. The molecule has 1 aliphatic heterocycles. The zero-order valence-corrected chi connectivity index (χ0v) is 7.99. The molecule has 0 bridgehead atoms. The van der Waals surface area contributed by atoms with Crippen molar-refractivity contribution in [2.75, 3.05) is 13.1 Å². The molecule has 0 saturated carbocycles. The molecule has 0 radical (unpaired) electrons. The van der Waals surface area contributed by atoms with Gasteiger partial charge in [0.2, 0.25) is 0 Å². The van der Waals surface area contributed by atoms with Gasteiger partial charge in [0, 0.05) is 17.1 Å². The monoisotopic (exact) mass is 199 g/mol. The van der Waals surface area contributed by atoms with E-state index in [4.69, 9.17) is 17.1 Å². The Bertz CT molecular complexity index is 432. The van der Waals surface area contributed by atoms with Crippen molar-refractivity contribution in [2.24, 2.45) is 0 Å². The molecule has 1 aromatic carbocycles. The Labute approximate surface area is 89.7 Å². The molecular weight excluding hydrogens is 182 g/mol. The minimum atomic E-state index is -2.37. The van der Waals surface area contributed by atoms with E-state index in [1.807, 2.05) is 6.07 Å². The summed E-state index contributed by atoms with van der Waals surface area (Å²) < 4.78 is 31.1. The lowest BCUT2D eigenvalue weighted by molar-refractivity contribution is 0.644. The molecule has 13 heavy (non-hydrogen) atoms. The number of hydrogen-bond acceptors (Lipinski definition) is 1. The van der Waals surface area contributed by atoms with Gasteiger partial charge in [-0.25, -0.2) is 0 Å². The standard InChI is InChI=1S/C11H14ClN/c1-8-7-13-5-4-9-2-3-10(12)6-11(8)9/h2-3,6,8,13H,4-5,7H2,1H3/t8-/m0/s1/i1D3,8D. The highest BCUT2D eigenvalue weighted by atomic mass is 35.5. The quantitative estimate of drug-likeness (QED) is 0.678. The smallest absolute Gasteiger partial charge is 0.0409 e. The first kappa shape index (κ1) is 5.38. The zero-order chi connectivity index (χ0) is 12.7. The summed E-state index contributed by atoms with van der Waals surface area (Å²) in [4.78, 5) is 0. The highest BCUT2D eigenvalue weighted by molar-refractivity contribution is 6.30. The topological polar surface area (TPSA) is 12.0 Å². The molecule has 0 fully saturated rings. The summed E-state index contributed by atoms with van der Waals surface area (Å²) in [5, 5.41) is 3.50. The number of nitrogens with one attached hydrogen (secondary N) is 1. The Morgan fingerprint density at radius 3 is 3.46 bits per heavy atom. The summed E-state index contributed by atoms with van der Waals surface area (Å²) in [6, 6.07) is 5.18. The Balaban J connectivity index is 2.60. The maximum atomic E-state index is 8.31. The molecule has 1 atom stereocenters. The lowest BCUT2D eigenvalue weighted by Crippen LogP contribution is -2.18. The van der Waals surface area contributed by atoms with E-state index in [9.17, 15) is 0 Å². The summed E-state index contributed by atoms with van der Waals surface area (Å²) in [6.07, 6.45) is 0.725. The van der Waals surface area contributed by atoms with Gasteiger partial charge in [-0.15, -0.1) is 0 Å². The van der Waals surface area contributed by atoms with Gasteiger partial charge in [-0.1, -0.05) is 24.5 Å². The van der Waals surface area contributed by atoms with Crippen LogP contribution in [0.4, 0.5) is 0 Å². The van der Waals surface area contributed by atoms with E-state index in [0.29, 0.717) is 17.1 Å². The summed E-state index contributed by atoms with van der Waals surface area (Å²) in [6.45, 7) is -1.56. The fraction of sp³-hybridized carbons (Fsp3) is 0.455. The summed E-state index contributed by atoms with van der Waals surface area (Å²) in [7, 11) is 0. The van der Waals surface area contributed by atoms with E-state index in [1.165, 1.54) is 0 Å². The molecule has 0 unspecified atom stereocenters. The molecule has 1 aliphatic rings. The van der Waals surface area contributed by atoms with Crippen molar-refractivity contribution in [1.29, 1.82) is 0 Å². The third kappa shape index (κ3) is 1.87. The van der Waals surface area contributed by atoms with Gasteiger partial charge in [-0.2, -0.15) is 0 Å². The van der Waals surface area contributed by atoms with Gasteiger partial charge < -0.3 is 5.32 Å². The van der Waals surface area contributed by atoms with Crippen LogP contribution in [0.25, 0.3) is 0 Å². The van der Waals surface area contributed by atoms with Crippen LogP contribution in [0.5, 0.6) is 0 Å². The maximum absolute atomic E-state index is 8.31. The largest absolute Gasteiger partial charge is 0.316 e. The molecule has 0 saturated heterocycles. The van der Waals surface area contributed by atoms with Crippen LogP contribution in [-0.2, 0) is 6.42 Å². The first-order chi connectivity index (χ1) is 7.84. The first-order valence-corrected chi connectivity index (χ1v) is 4.72. The van der Waals surface area contributed by atoms with E-state index in [2.05, 4.69) is 5.32 Å². The molecule has 1 aromatic rings. The fourth-order valence-electron chi connectivity index (χ4n) is 1.58. The van der Waals surface area contributed by atoms with E-state index in [0.717, 1.165) is 12.0 Å². The van der Waals surface area contributed by atoms with E-state index in [1.54, 1.807) is 12.1 Å². The Hall–Kier alpha value is -0.530. The molecular formula is C11H14ClN. The fourth-order valence-corrected chi connectivity index (χ4v) is 1.75. The van der Waals surface area contributed by atoms with Crippen molar-refractivity contribution >= 4 is 11.6 Å². The molecule has 2 heteroatoms. The van der Waals surface area contributed by atoms with Gasteiger partial charge >= 0.3 is 0 Å². The summed E-state index contributed by atoms with van der Waals surface area (Å²) in [5.41, 5.74) is 1.42. The van der Waals surface area contributed by atoms with Crippen molar-refractivity contribution in [3.05, 3.63) is 34.3 Å². The lowest BCUT2D eigenvalue weighted by atomic mass is 9.96. The molecule has 1 N–H and O–H groups in total. The molecule has 1 nitrogen and oxygen atoms in total. The molecule has 0 aromatic heterocycles. The average Bonchev–Trinajstić information content (AvgIpc) is 2.39. The van der Waals surface area contributed by atoms with Crippen molar-refractivity contribution in [3.8, 4) is 0 Å². The van der Waals surface area contributed by atoms with Crippen molar-refractivity contribution < 1.29 is 5.48 Å². The van der Waals surface area contributed by atoms with Gasteiger partial charge in [0.15, 0.2) is 0 Å². The minimum Gasteiger partial charge on any atom is -0.316 e. The minimum absolute atomic E-state index is 0.122. The third-order valence-electron chi connectivity index (χ3n) is 2.27. The van der Waals surface area contributed by atoms with Gasteiger partial charge in [-0.3, -0.25) is 0 Å². The molecule has 0 spiro atoms. The SMILES string of the molecule is [2H]C([2H])([2H])[C@@]1([2H])CNCCc2ccc(Cl)cc21. The van der Waals surface area contributed by atoms with E-state index >= 15 is 0 Å². The van der Waals surface area contributed by atoms with E-state index in [-0.39, 0.29) is 6.54 Å². The second-order valence-electron chi connectivity index (χ2n) is 3.21. The Morgan fingerprint density at radius 1 is 1.69 bits per heavy atom. The van der Waals surface area contributed by atoms with Gasteiger partial charge in [-0.05, 0) is 42.1 Å². The van der Waals surface area contributed by atoms with Crippen LogP contribution in [0, 0.1) is 0 Å². The van der Waals surface area contributed by atoms with Crippen LogP contribution in [0.2, 0.25) is 5.02 Å². The molecule has 0 aliphatic carbocycles. The van der Waals surface area contributed by atoms with Crippen LogP contribution in [-0.4, -0.2) is 13.1 Å². The Kier molecular flexibility index (Phi) is 1.52. The van der Waals surface area contributed by atoms with Crippen LogP contribution < -0.4 is 5.32 Å². The number of benzene rings is 1. The van der Waals surface area contributed by atoms with Crippen molar-refractivity contribution in [3.63, 3.8) is 0 Å². The maximum Gasteiger partial charge on any atom is 0.0409 e. The van der Waals surface area contributed by atoms with Crippen LogP contribution in [0.1, 0.15) is 29.4 Å². The number of hydrogen-bond donors (Lipinski definition) is 1. The normalized spacial score (nSPS) is 33.3.